The SMILES string of the molecule is CC(C)(CC/C=C/C(=O)O)[C@@H](O)c1ccc(O)cc1. The molecule has 0 aliphatic heterocycles. The van der Waals surface area contributed by atoms with Gasteiger partial charge in [-0.15, -0.1) is 0 Å². The highest BCUT2D eigenvalue weighted by molar-refractivity contribution is 5.79. The number of carboxylic acids is 1. The second-order valence-corrected chi connectivity index (χ2v) is 5.26. The molecule has 0 fully saturated rings. The summed E-state index contributed by atoms with van der Waals surface area (Å²) < 4.78 is 0. The Morgan fingerprint density at radius 3 is 2.42 bits per heavy atom. The normalized spacial score (nSPS) is 13.6. The molecule has 0 amide bonds. The molecule has 3 N–H and O–H groups in total. The molecule has 4 nitrogen and oxygen atoms in total. The van der Waals surface area contributed by atoms with Crippen molar-refractivity contribution in [1.82, 2.24) is 0 Å². The molecular weight excluding hydrogens is 244 g/mol. The zero-order valence-corrected chi connectivity index (χ0v) is 11.2. The van der Waals surface area contributed by atoms with Crippen LogP contribution in [0, 0.1) is 5.41 Å². The number of phenolic OH excluding ortho intramolecular Hbond substituents is 1. The minimum Gasteiger partial charge on any atom is -0.508 e. The van der Waals surface area contributed by atoms with Crippen molar-refractivity contribution in [2.24, 2.45) is 5.41 Å². The standard InChI is InChI=1S/C15H20O4/c1-15(2,10-4-3-5-13(17)18)14(19)11-6-8-12(16)9-7-11/h3,5-9,14,16,19H,4,10H2,1-2H3,(H,17,18)/b5-3+/t14-/m0/s1. The monoisotopic (exact) mass is 264 g/mol. The molecule has 0 saturated carbocycles. The number of hydrogen-bond acceptors (Lipinski definition) is 3. The van der Waals surface area contributed by atoms with Gasteiger partial charge in [0.15, 0.2) is 0 Å². The van der Waals surface area contributed by atoms with E-state index in [1.54, 1.807) is 30.3 Å². The van der Waals surface area contributed by atoms with Gasteiger partial charge >= 0.3 is 5.97 Å². The fraction of sp³-hybridized carbons (Fsp3) is 0.400. The minimum absolute atomic E-state index is 0.165. The zero-order chi connectivity index (χ0) is 14.5. The third kappa shape index (κ3) is 4.75. The maximum absolute atomic E-state index is 10.4. The summed E-state index contributed by atoms with van der Waals surface area (Å²) in [5.41, 5.74) is 0.366. The summed E-state index contributed by atoms with van der Waals surface area (Å²) in [4.78, 5) is 10.4. The fourth-order valence-corrected chi connectivity index (χ4v) is 1.88. The Hall–Kier alpha value is -1.81. The average Bonchev–Trinajstić information content (AvgIpc) is 2.34. The van der Waals surface area contributed by atoms with E-state index >= 15 is 0 Å². The summed E-state index contributed by atoms with van der Waals surface area (Å²) in [6, 6.07) is 6.46. The van der Waals surface area contributed by atoms with E-state index in [4.69, 9.17) is 5.11 Å². The van der Waals surface area contributed by atoms with Crippen molar-refractivity contribution in [1.29, 1.82) is 0 Å². The highest BCUT2D eigenvalue weighted by Crippen LogP contribution is 2.37. The smallest absolute Gasteiger partial charge is 0.327 e. The Bertz CT molecular complexity index is 446. The van der Waals surface area contributed by atoms with Crippen LogP contribution in [0.25, 0.3) is 0 Å². The van der Waals surface area contributed by atoms with Crippen molar-refractivity contribution in [2.75, 3.05) is 0 Å². The summed E-state index contributed by atoms with van der Waals surface area (Å²) in [6.07, 6.45) is 3.30. The van der Waals surface area contributed by atoms with Gasteiger partial charge < -0.3 is 15.3 Å². The minimum atomic E-state index is -0.961. The van der Waals surface area contributed by atoms with E-state index in [0.717, 1.165) is 11.6 Å². The average molecular weight is 264 g/mol. The lowest BCUT2D eigenvalue weighted by Crippen LogP contribution is -2.21. The number of hydrogen-bond donors (Lipinski definition) is 3. The number of phenols is 1. The van der Waals surface area contributed by atoms with Crippen molar-refractivity contribution in [3.05, 3.63) is 42.0 Å². The van der Waals surface area contributed by atoms with E-state index in [0.29, 0.717) is 12.8 Å². The first-order chi connectivity index (χ1) is 8.83. The zero-order valence-electron chi connectivity index (χ0n) is 11.2. The topological polar surface area (TPSA) is 77.8 Å². The number of carbonyl (C=O) groups is 1. The van der Waals surface area contributed by atoms with Crippen LogP contribution in [0.3, 0.4) is 0 Å². The van der Waals surface area contributed by atoms with Crippen molar-refractivity contribution in [2.45, 2.75) is 32.8 Å². The van der Waals surface area contributed by atoms with E-state index in [9.17, 15) is 15.0 Å². The van der Waals surface area contributed by atoms with Crippen molar-refractivity contribution in [3.63, 3.8) is 0 Å². The van der Waals surface area contributed by atoms with E-state index in [2.05, 4.69) is 0 Å². The van der Waals surface area contributed by atoms with Gasteiger partial charge in [0.05, 0.1) is 6.10 Å². The van der Waals surface area contributed by atoms with Crippen LogP contribution in [-0.2, 0) is 4.79 Å². The largest absolute Gasteiger partial charge is 0.508 e. The fourth-order valence-electron chi connectivity index (χ4n) is 1.88. The lowest BCUT2D eigenvalue weighted by Gasteiger charge is -2.30. The molecule has 0 aliphatic rings. The number of allylic oxidation sites excluding steroid dienone is 1. The van der Waals surface area contributed by atoms with Gasteiger partial charge in [0.1, 0.15) is 5.75 Å². The van der Waals surface area contributed by atoms with Crippen LogP contribution in [0.4, 0.5) is 0 Å². The summed E-state index contributed by atoms with van der Waals surface area (Å²) in [6.45, 7) is 3.86. The first kappa shape index (κ1) is 15.2. The highest BCUT2D eigenvalue weighted by Gasteiger charge is 2.28. The molecule has 0 spiro atoms. The number of rotatable bonds is 6. The molecule has 0 radical (unpaired) electrons. The van der Waals surface area contributed by atoms with E-state index in [1.807, 2.05) is 13.8 Å². The molecule has 1 aromatic rings. The van der Waals surface area contributed by atoms with E-state index in [1.165, 1.54) is 0 Å². The molecule has 4 heteroatoms. The lowest BCUT2D eigenvalue weighted by molar-refractivity contribution is -0.131. The second kappa shape index (κ2) is 6.38. The van der Waals surface area contributed by atoms with Crippen LogP contribution in [0.2, 0.25) is 0 Å². The summed E-state index contributed by atoms with van der Waals surface area (Å²) in [5.74, 6) is -0.796. The molecule has 1 aromatic carbocycles. The number of aromatic hydroxyl groups is 1. The molecule has 0 heterocycles. The van der Waals surface area contributed by atoms with Crippen LogP contribution < -0.4 is 0 Å². The van der Waals surface area contributed by atoms with Gasteiger partial charge in [-0.2, -0.15) is 0 Å². The Kier molecular flexibility index (Phi) is 5.12. The highest BCUT2D eigenvalue weighted by atomic mass is 16.4. The summed E-state index contributed by atoms with van der Waals surface area (Å²) >= 11 is 0. The maximum atomic E-state index is 10.4. The van der Waals surface area contributed by atoms with Gasteiger partial charge in [-0.3, -0.25) is 0 Å². The van der Waals surface area contributed by atoms with Crippen molar-refractivity contribution >= 4 is 5.97 Å². The van der Waals surface area contributed by atoms with Crippen molar-refractivity contribution < 1.29 is 20.1 Å². The number of aliphatic hydroxyl groups excluding tert-OH is 1. The molecule has 104 valence electrons. The maximum Gasteiger partial charge on any atom is 0.327 e. The summed E-state index contributed by atoms with van der Waals surface area (Å²) in [5, 5.41) is 28.0. The molecule has 0 aromatic heterocycles. The Balaban J connectivity index is 2.65. The molecule has 19 heavy (non-hydrogen) atoms. The van der Waals surface area contributed by atoms with Gasteiger partial charge in [-0.25, -0.2) is 4.79 Å². The summed E-state index contributed by atoms with van der Waals surface area (Å²) in [7, 11) is 0. The van der Waals surface area contributed by atoms with Gasteiger partial charge in [-0.05, 0) is 36.0 Å². The van der Waals surface area contributed by atoms with Crippen LogP contribution in [-0.4, -0.2) is 21.3 Å². The van der Waals surface area contributed by atoms with E-state index < -0.39 is 12.1 Å². The quantitative estimate of drug-likeness (QED) is 0.690. The number of aliphatic carboxylic acids is 1. The Labute approximate surface area is 113 Å². The molecule has 0 saturated heterocycles. The molecule has 1 rings (SSSR count). The Morgan fingerprint density at radius 1 is 1.32 bits per heavy atom. The molecule has 0 unspecified atom stereocenters. The third-order valence-electron chi connectivity index (χ3n) is 3.16. The van der Waals surface area contributed by atoms with Crippen LogP contribution >= 0.6 is 0 Å². The molecule has 1 atom stereocenters. The molecular formula is C15H20O4. The van der Waals surface area contributed by atoms with Crippen LogP contribution in [0.15, 0.2) is 36.4 Å². The Morgan fingerprint density at radius 2 is 1.89 bits per heavy atom. The lowest BCUT2D eigenvalue weighted by atomic mass is 9.79. The van der Waals surface area contributed by atoms with Gasteiger partial charge in [-0.1, -0.05) is 32.1 Å². The first-order valence-electron chi connectivity index (χ1n) is 6.19. The van der Waals surface area contributed by atoms with Gasteiger partial charge in [0, 0.05) is 6.08 Å². The predicted molar refractivity (Wildman–Crippen MR) is 72.9 cm³/mol. The third-order valence-corrected chi connectivity index (χ3v) is 3.16. The molecule has 0 aliphatic carbocycles. The molecule has 0 bridgehead atoms. The first-order valence-corrected chi connectivity index (χ1v) is 6.19. The number of carboxylic acid groups (broad SMARTS) is 1. The van der Waals surface area contributed by atoms with E-state index in [-0.39, 0.29) is 11.2 Å². The van der Waals surface area contributed by atoms with Crippen LogP contribution in [0.1, 0.15) is 38.4 Å². The predicted octanol–water partition coefficient (Wildman–Crippen LogP) is 2.87. The van der Waals surface area contributed by atoms with Crippen molar-refractivity contribution in [3.8, 4) is 5.75 Å². The number of benzene rings is 1. The van der Waals surface area contributed by atoms with Gasteiger partial charge in [0.2, 0.25) is 0 Å². The second-order valence-electron chi connectivity index (χ2n) is 5.26. The van der Waals surface area contributed by atoms with Crippen LogP contribution in [0.5, 0.6) is 5.75 Å². The number of aliphatic hydroxyl groups is 1. The van der Waals surface area contributed by atoms with Gasteiger partial charge in [0.25, 0.3) is 0 Å².